The summed E-state index contributed by atoms with van der Waals surface area (Å²) in [5, 5.41) is 12.8. The minimum Gasteiger partial charge on any atom is -0.497 e. The van der Waals surface area contributed by atoms with Crippen molar-refractivity contribution in [2.75, 3.05) is 55.2 Å². The van der Waals surface area contributed by atoms with E-state index in [4.69, 9.17) is 33.2 Å². The SMILES string of the molecule is CCN1C[C@]2(COC)CC[C@H](OC)[C@@]34[C@@H]5C[C@]6(O)[C@@H](OC)C[C@@](OC(C)=O)([C@H]5[C@H]6OC(=O)c5ccc(OC)cc5)[C@@H]([C@H](OC)[C@H]23)[C@@H]14. The first-order chi connectivity index (χ1) is 22.1. The van der Waals surface area contributed by atoms with Gasteiger partial charge < -0.3 is 38.3 Å². The van der Waals surface area contributed by atoms with Gasteiger partial charge in [-0.3, -0.25) is 9.69 Å². The van der Waals surface area contributed by atoms with Crippen LogP contribution in [0.2, 0.25) is 0 Å². The van der Waals surface area contributed by atoms with Gasteiger partial charge in [0.1, 0.15) is 23.1 Å². The molecule has 7 rings (SSSR count). The number of hydrogen-bond acceptors (Lipinski definition) is 11. The Hall–Kier alpha value is -2.28. The predicted molar refractivity (Wildman–Crippen MR) is 164 cm³/mol. The van der Waals surface area contributed by atoms with Crippen molar-refractivity contribution in [2.45, 2.75) is 81.2 Å². The monoisotopic (exact) mass is 643 g/mol. The quantitative estimate of drug-likeness (QED) is 0.379. The molecule has 13 atom stereocenters. The molecule has 0 amide bonds. The summed E-state index contributed by atoms with van der Waals surface area (Å²) in [5.41, 5.74) is -3.03. The lowest BCUT2D eigenvalue weighted by Gasteiger charge is -2.69. The van der Waals surface area contributed by atoms with Crippen molar-refractivity contribution in [1.82, 2.24) is 4.90 Å². The number of ether oxygens (including phenoxy) is 7. The molecule has 6 fully saturated rings. The van der Waals surface area contributed by atoms with Crippen LogP contribution in [-0.2, 0) is 33.2 Å². The number of hydrogen-bond donors (Lipinski definition) is 1. The number of benzene rings is 1. The summed E-state index contributed by atoms with van der Waals surface area (Å²) >= 11 is 0. The van der Waals surface area contributed by atoms with Crippen LogP contribution in [0.15, 0.2) is 24.3 Å². The van der Waals surface area contributed by atoms with Gasteiger partial charge >= 0.3 is 11.9 Å². The highest BCUT2D eigenvalue weighted by Gasteiger charge is 2.89. The topological polar surface area (TPSA) is 122 Å². The average Bonchev–Trinajstić information content (AvgIpc) is 3.42. The maximum Gasteiger partial charge on any atom is 0.338 e. The van der Waals surface area contributed by atoms with Crippen LogP contribution in [-0.4, -0.2) is 119 Å². The molecule has 6 aliphatic rings. The van der Waals surface area contributed by atoms with Crippen molar-refractivity contribution >= 4 is 11.9 Å². The van der Waals surface area contributed by atoms with E-state index in [9.17, 15) is 14.7 Å². The molecule has 46 heavy (non-hydrogen) atoms. The fourth-order valence-corrected chi connectivity index (χ4v) is 12.4. The number of likely N-dealkylation sites (tertiary alicyclic amines) is 1. The van der Waals surface area contributed by atoms with Crippen LogP contribution in [0.4, 0.5) is 0 Å². The van der Waals surface area contributed by atoms with E-state index in [1.807, 2.05) is 0 Å². The number of esters is 2. The summed E-state index contributed by atoms with van der Waals surface area (Å²) in [5.74, 6) is -1.38. The van der Waals surface area contributed by atoms with E-state index >= 15 is 0 Å². The van der Waals surface area contributed by atoms with Crippen LogP contribution in [0.25, 0.3) is 0 Å². The molecule has 1 aromatic carbocycles. The fraction of sp³-hybridized carbons (Fsp3) is 0.771. The van der Waals surface area contributed by atoms with E-state index in [0.717, 1.165) is 25.9 Å². The van der Waals surface area contributed by atoms with Crippen LogP contribution >= 0.6 is 0 Å². The summed E-state index contributed by atoms with van der Waals surface area (Å²) < 4.78 is 43.6. The van der Waals surface area contributed by atoms with Crippen LogP contribution in [0.5, 0.6) is 5.75 Å². The molecule has 0 aromatic heterocycles. The van der Waals surface area contributed by atoms with Crippen molar-refractivity contribution in [3.8, 4) is 5.75 Å². The molecule has 7 bridgehead atoms. The fourth-order valence-electron chi connectivity index (χ4n) is 12.4. The third kappa shape index (κ3) is 3.87. The van der Waals surface area contributed by atoms with Gasteiger partial charge in [-0.05, 0) is 56.0 Å². The Morgan fingerprint density at radius 3 is 2.28 bits per heavy atom. The maximum absolute atomic E-state index is 13.9. The second-order valence-electron chi connectivity index (χ2n) is 14.6. The molecule has 11 heteroatoms. The largest absolute Gasteiger partial charge is 0.497 e. The van der Waals surface area contributed by atoms with Gasteiger partial charge in [0.2, 0.25) is 0 Å². The molecule has 1 aromatic rings. The van der Waals surface area contributed by atoms with Crippen LogP contribution < -0.4 is 4.74 Å². The van der Waals surface area contributed by atoms with E-state index < -0.39 is 46.7 Å². The van der Waals surface area contributed by atoms with E-state index in [0.29, 0.717) is 24.3 Å². The van der Waals surface area contributed by atoms with Crippen LogP contribution in [0.1, 0.15) is 49.9 Å². The van der Waals surface area contributed by atoms with E-state index in [-0.39, 0.29) is 47.8 Å². The molecule has 5 aliphatic carbocycles. The number of nitrogens with zero attached hydrogens (tertiary/aromatic N) is 1. The van der Waals surface area contributed by atoms with Gasteiger partial charge in [0.25, 0.3) is 0 Å². The number of piperidine rings is 1. The van der Waals surface area contributed by atoms with Crippen molar-refractivity contribution in [3.05, 3.63) is 29.8 Å². The number of fused-ring (bicyclic) bond motifs is 2. The minimum atomic E-state index is -1.51. The van der Waals surface area contributed by atoms with E-state index in [2.05, 4.69) is 11.8 Å². The molecule has 1 spiro atoms. The summed E-state index contributed by atoms with van der Waals surface area (Å²) in [4.78, 5) is 29.7. The normalized spacial score (nSPS) is 46.6. The Morgan fingerprint density at radius 2 is 1.70 bits per heavy atom. The van der Waals surface area contributed by atoms with Crippen LogP contribution in [0, 0.1) is 34.5 Å². The lowest BCUT2D eigenvalue weighted by Crippen LogP contribution is -2.77. The first kappa shape index (κ1) is 32.3. The predicted octanol–water partition coefficient (Wildman–Crippen LogP) is 2.72. The van der Waals surface area contributed by atoms with Crippen molar-refractivity contribution in [2.24, 2.45) is 34.5 Å². The summed E-state index contributed by atoms with van der Waals surface area (Å²) in [6.07, 6.45) is 0.142. The highest BCUT2D eigenvalue weighted by atomic mass is 16.6. The molecule has 1 heterocycles. The summed E-state index contributed by atoms with van der Waals surface area (Å²) in [6.45, 7) is 5.80. The zero-order valence-electron chi connectivity index (χ0n) is 28.0. The zero-order valence-corrected chi connectivity index (χ0v) is 28.0. The van der Waals surface area contributed by atoms with E-state index in [1.54, 1.807) is 59.8 Å². The number of rotatable bonds is 10. The van der Waals surface area contributed by atoms with Gasteiger partial charge in [-0.15, -0.1) is 0 Å². The van der Waals surface area contributed by atoms with Crippen LogP contribution in [0.3, 0.4) is 0 Å². The van der Waals surface area contributed by atoms with Gasteiger partial charge in [-0.1, -0.05) is 6.92 Å². The Kier molecular flexibility index (Phi) is 7.81. The number of carbonyl (C=O) groups excluding carboxylic acids is 2. The Labute approximate surface area is 271 Å². The third-order valence-electron chi connectivity index (χ3n) is 13.3. The summed E-state index contributed by atoms with van der Waals surface area (Å²) in [6, 6.07) is 6.66. The maximum atomic E-state index is 13.9. The molecule has 1 aliphatic heterocycles. The molecule has 11 nitrogen and oxygen atoms in total. The molecular weight excluding hydrogens is 594 g/mol. The molecule has 5 saturated carbocycles. The smallest absolute Gasteiger partial charge is 0.338 e. The van der Waals surface area contributed by atoms with Gasteiger partial charge in [0.15, 0.2) is 0 Å². The first-order valence-corrected chi connectivity index (χ1v) is 16.6. The van der Waals surface area contributed by atoms with Gasteiger partial charge in [0.05, 0.1) is 37.6 Å². The van der Waals surface area contributed by atoms with Gasteiger partial charge in [-0.2, -0.15) is 0 Å². The Bertz CT molecular complexity index is 1360. The number of methoxy groups -OCH3 is 5. The average molecular weight is 644 g/mol. The highest BCUT2D eigenvalue weighted by Crippen LogP contribution is 2.80. The number of carbonyl (C=O) groups is 2. The second-order valence-corrected chi connectivity index (χ2v) is 14.6. The molecule has 0 unspecified atom stereocenters. The second kappa shape index (κ2) is 11.1. The molecule has 0 radical (unpaired) electrons. The van der Waals surface area contributed by atoms with Gasteiger partial charge in [0, 0.05) is 83.0 Å². The standard InChI is InChI=1S/C35H49NO10/c1-8-36-17-32(18-40-3)14-13-23(42-5)35-22-15-33(39)24(43-6)16-34(46-19(2)37,26(29(35)36)27(44-7)28(32)35)25(22)30(33)45-31(38)20-9-11-21(41-4)12-10-20/h9-12,22-30,39H,8,13-18H2,1-7H3/t22-,23+,24+,25-,26+,27+,28-,29-,30-,32+,33+,34-,35+/m1/s1. The first-order valence-electron chi connectivity index (χ1n) is 16.6. The summed E-state index contributed by atoms with van der Waals surface area (Å²) in [7, 11) is 8.44. The minimum absolute atomic E-state index is 0.00534. The Balaban J connectivity index is 1.46. The third-order valence-corrected chi connectivity index (χ3v) is 13.3. The lowest BCUT2D eigenvalue weighted by atomic mass is 9.43. The molecule has 254 valence electrons. The molecule has 1 N–H and O–H groups in total. The molecule has 1 saturated heterocycles. The highest BCUT2D eigenvalue weighted by molar-refractivity contribution is 5.89. The van der Waals surface area contributed by atoms with Gasteiger partial charge in [-0.25, -0.2) is 4.79 Å². The van der Waals surface area contributed by atoms with Crippen molar-refractivity contribution in [3.63, 3.8) is 0 Å². The Morgan fingerprint density at radius 1 is 0.978 bits per heavy atom. The van der Waals surface area contributed by atoms with Crippen molar-refractivity contribution in [1.29, 1.82) is 0 Å². The zero-order chi connectivity index (χ0) is 32.8. The lowest BCUT2D eigenvalue weighted by molar-refractivity contribution is -0.287. The number of aliphatic hydroxyl groups is 1. The van der Waals surface area contributed by atoms with Crippen molar-refractivity contribution < 1.29 is 47.9 Å². The van der Waals surface area contributed by atoms with E-state index in [1.165, 1.54) is 6.92 Å². The molecular formula is C35H49NO10.